The molecule has 0 bridgehead atoms. The van der Waals surface area contributed by atoms with Gasteiger partial charge >= 0.3 is 0 Å². The number of likely N-dealkylation sites (tertiary alicyclic amines) is 1. The molecule has 1 heterocycles. The molecule has 1 rings (SSSR count). The van der Waals surface area contributed by atoms with Crippen LogP contribution in [0.1, 0.15) is 19.8 Å². The molecule has 0 aromatic carbocycles. The Labute approximate surface area is 87.0 Å². The zero-order valence-corrected chi connectivity index (χ0v) is 9.21. The summed E-state index contributed by atoms with van der Waals surface area (Å²) in [7, 11) is 2.14. The van der Waals surface area contributed by atoms with Gasteiger partial charge in [0.15, 0.2) is 0 Å². The Hall–Kier alpha value is -0.560. The summed E-state index contributed by atoms with van der Waals surface area (Å²) in [4.78, 5) is 2.33. The normalized spacial score (nSPS) is 24.1. The maximum atomic E-state index is 5.84. The molecule has 1 unspecified atom stereocenters. The Bertz CT molecular complexity index is 211. The summed E-state index contributed by atoms with van der Waals surface area (Å²) >= 11 is 0. The summed E-state index contributed by atoms with van der Waals surface area (Å²) in [5, 5.41) is 3.46. The van der Waals surface area contributed by atoms with Crippen LogP contribution in [0.2, 0.25) is 0 Å². The number of nitrogens with one attached hydrogen (secondary N) is 1. The molecule has 3 N–H and O–H groups in total. The summed E-state index contributed by atoms with van der Waals surface area (Å²) in [6, 6.07) is 0.113. The molecule has 0 radical (unpaired) electrons. The highest BCUT2D eigenvalue weighted by Crippen LogP contribution is 2.20. The van der Waals surface area contributed by atoms with Gasteiger partial charge in [0, 0.05) is 12.1 Å². The van der Waals surface area contributed by atoms with E-state index in [2.05, 4.69) is 23.2 Å². The molecule has 0 amide bonds. The second-order valence-corrected chi connectivity index (χ2v) is 4.32. The summed E-state index contributed by atoms with van der Waals surface area (Å²) in [6.45, 7) is 4.88. The number of piperidine rings is 1. The van der Waals surface area contributed by atoms with Crippen molar-refractivity contribution >= 4 is 0 Å². The Morgan fingerprint density at radius 2 is 2.14 bits per heavy atom. The first-order valence-electron chi connectivity index (χ1n) is 5.24. The van der Waals surface area contributed by atoms with E-state index in [0.29, 0.717) is 6.54 Å². The molecule has 1 aliphatic heterocycles. The van der Waals surface area contributed by atoms with Crippen LogP contribution in [0.4, 0.5) is 0 Å². The topological polar surface area (TPSA) is 41.3 Å². The van der Waals surface area contributed by atoms with Crippen LogP contribution in [0.15, 0.2) is 0 Å². The van der Waals surface area contributed by atoms with Crippen LogP contribution < -0.4 is 11.1 Å². The van der Waals surface area contributed by atoms with Gasteiger partial charge in [-0.25, -0.2) is 0 Å². The van der Waals surface area contributed by atoms with Crippen molar-refractivity contribution in [2.75, 3.05) is 26.7 Å². The van der Waals surface area contributed by atoms with Gasteiger partial charge in [0.1, 0.15) is 0 Å². The van der Waals surface area contributed by atoms with Gasteiger partial charge in [0.05, 0.1) is 6.04 Å². The first-order valence-corrected chi connectivity index (χ1v) is 5.24. The van der Waals surface area contributed by atoms with E-state index < -0.39 is 0 Å². The maximum Gasteiger partial charge on any atom is 0.0663 e. The van der Waals surface area contributed by atoms with Crippen LogP contribution in [-0.2, 0) is 0 Å². The van der Waals surface area contributed by atoms with E-state index in [1.165, 1.54) is 0 Å². The maximum absolute atomic E-state index is 5.84. The lowest BCUT2D eigenvalue weighted by Gasteiger charge is -2.41. The van der Waals surface area contributed by atoms with Crippen LogP contribution in [0.25, 0.3) is 0 Å². The van der Waals surface area contributed by atoms with Crippen LogP contribution in [0.3, 0.4) is 0 Å². The molecule has 1 aliphatic rings. The van der Waals surface area contributed by atoms with Crippen LogP contribution in [0, 0.1) is 12.3 Å². The lowest BCUT2D eigenvalue weighted by atomic mass is 9.87. The van der Waals surface area contributed by atoms with E-state index in [9.17, 15) is 0 Å². The molecular weight excluding hydrogens is 174 g/mol. The third kappa shape index (κ3) is 2.71. The van der Waals surface area contributed by atoms with Gasteiger partial charge in [-0.2, -0.15) is 0 Å². The summed E-state index contributed by atoms with van der Waals surface area (Å²) < 4.78 is 0. The highest BCUT2D eigenvalue weighted by molar-refractivity contribution is 5.03. The second-order valence-electron chi connectivity index (χ2n) is 4.32. The summed E-state index contributed by atoms with van der Waals surface area (Å²) in [5.41, 5.74) is 5.90. The highest BCUT2D eigenvalue weighted by Gasteiger charge is 2.32. The monoisotopic (exact) mass is 195 g/mol. The minimum Gasteiger partial charge on any atom is -0.329 e. The molecule has 0 saturated carbocycles. The predicted molar refractivity (Wildman–Crippen MR) is 59.9 cm³/mol. The van der Waals surface area contributed by atoms with Crippen molar-refractivity contribution in [1.29, 1.82) is 0 Å². The van der Waals surface area contributed by atoms with Crippen molar-refractivity contribution in [1.82, 2.24) is 10.2 Å². The molecule has 14 heavy (non-hydrogen) atoms. The molecule has 1 saturated heterocycles. The molecule has 3 nitrogen and oxygen atoms in total. The number of hydrogen-bond donors (Lipinski definition) is 2. The van der Waals surface area contributed by atoms with Gasteiger partial charge < -0.3 is 10.6 Å². The largest absolute Gasteiger partial charge is 0.329 e. The predicted octanol–water partition coefficient (Wildman–Crippen LogP) is 0.0208. The molecule has 0 aromatic heterocycles. The Morgan fingerprint density at radius 3 is 2.57 bits per heavy atom. The number of nitrogens with two attached hydrogens (primary N) is 1. The molecule has 1 atom stereocenters. The first kappa shape index (κ1) is 11.5. The van der Waals surface area contributed by atoms with Crippen molar-refractivity contribution in [3.05, 3.63) is 0 Å². The van der Waals surface area contributed by atoms with Crippen molar-refractivity contribution in [3.63, 3.8) is 0 Å². The third-order valence-electron chi connectivity index (χ3n) is 3.11. The van der Waals surface area contributed by atoms with Gasteiger partial charge in [-0.1, -0.05) is 5.92 Å². The molecule has 3 heteroatoms. The van der Waals surface area contributed by atoms with E-state index in [1.54, 1.807) is 0 Å². The lowest BCUT2D eigenvalue weighted by Crippen LogP contribution is -2.59. The highest BCUT2D eigenvalue weighted by atomic mass is 15.1. The SMILES string of the molecule is C#CC(C)NC1(CN)CCN(C)CC1. The molecule has 80 valence electrons. The molecule has 0 spiro atoms. The van der Waals surface area contributed by atoms with Crippen LogP contribution in [0.5, 0.6) is 0 Å². The molecule has 0 aliphatic carbocycles. The summed E-state index contributed by atoms with van der Waals surface area (Å²) in [5.74, 6) is 2.70. The Morgan fingerprint density at radius 1 is 1.57 bits per heavy atom. The van der Waals surface area contributed by atoms with Gasteiger partial charge in [0.25, 0.3) is 0 Å². The van der Waals surface area contributed by atoms with E-state index in [-0.39, 0.29) is 11.6 Å². The van der Waals surface area contributed by atoms with Crippen LogP contribution in [-0.4, -0.2) is 43.2 Å². The van der Waals surface area contributed by atoms with Gasteiger partial charge in [-0.3, -0.25) is 5.32 Å². The second kappa shape index (κ2) is 4.79. The minimum absolute atomic E-state index is 0.0678. The number of terminal acetylenes is 1. The van der Waals surface area contributed by atoms with Crippen molar-refractivity contribution in [2.45, 2.75) is 31.3 Å². The quantitative estimate of drug-likeness (QED) is 0.624. The third-order valence-corrected chi connectivity index (χ3v) is 3.11. The van der Waals surface area contributed by atoms with Crippen molar-refractivity contribution in [3.8, 4) is 12.3 Å². The molecular formula is C11H21N3. The van der Waals surface area contributed by atoms with Crippen LogP contribution >= 0.6 is 0 Å². The number of hydrogen-bond acceptors (Lipinski definition) is 3. The summed E-state index contributed by atoms with van der Waals surface area (Å²) in [6.07, 6.45) is 7.54. The Kier molecular flexibility index (Phi) is 3.94. The molecule has 0 aromatic rings. The van der Waals surface area contributed by atoms with Gasteiger partial charge in [-0.05, 0) is 39.9 Å². The number of nitrogens with zero attached hydrogens (tertiary/aromatic N) is 1. The minimum atomic E-state index is 0.0678. The lowest BCUT2D eigenvalue weighted by molar-refractivity contribution is 0.158. The zero-order valence-electron chi connectivity index (χ0n) is 9.21. The molecule has 1 fully saturated rings. The first-order chi connectivity index (χ1) is 6.62. The van der Waals surface area contributed by atoms with E-state index in [1.807, 2.05) is 6.92 Å². The van der Waals surface area contributed by atoms with Gasteiger partial charge in [-0.15, -0.1) is 6.42 Å². The van der Waals surface area contributed by atoms with Crippen molar-refractivity contribution < 1.29 is 0 Å². The van der Waals surface area contributed by atoms with E-state index in [0.717, 1.165) is 25.9 Å². The average molecular weight is 195 g/mol. The smallest absolute Gasteiger partial charge is 0.0663 e. The van der Waals surface area contributed by atoms with Crippen molar-refractivity contribution in [2.24, 2.45) is 5.73 Å². The fourth-order valence-electron chi connectivity index (χ4n) is 1.95. The fraction of sp³-hybridized carbons (Fsp3) is 0.818. The van der Waals surface area contributed by atoms with E-state index >= 15 is 0 Å². The Balaban J connectivity index is 2.55. The zero-order chi connectivity index (χ0) is 10.6. The fourth-order valence-corrected chi connectivity index (χ4v) is 1.95. The van der Waals surface area contributed by atoms with E-state index in [4.69, 9.17) is 12.2 Å². The standard InChI is InChI=1S/C11H21N3/c1-4-10(2)13-11(9-12)5-7-14(3)8-6-11/h1,10,13H,5-9,12H2,2-3H3. The van der Waals surface area contributed by atoms with Gasteiger partial charge in [0.2, 0.25) is 0 Å². The number of rotatable bonds is 3. The average Bonchev–Trinajstić information content (AvgIpc) is 2.22.